The van der Waals surface area contributed by atoms with Gasteiger partial charge >= 0.3 is 215 Å². The Balaban J connectivity index is 0.00000152. The number of benzene rings is 4. The molecule has 0 N–H and O–H groups in total. The fraction of sp³-hybridized carbons (Fsp3) is 0.121. The van der Waals surface area contributed by atoms with Gasteiger partial charge in [-0.1, -0.05) is 0 Å². The molecule has 2 aliphatic carbocycles. The molecule has 0 amide bonds. The number of halogens is 2. The first-order chi connectivity index (χ1) is 16.8. The minimum absolute atomic E-state index is 0. The first-order valence-electron chi connectivity index (χ1n) is 12.2. The van der Waals surface area contributed by atoms with Crippen molar-refractivity contribution in [3.8, 4) is 11.1 Å². The number of rotatable bonds is 5. The van der Waals surface area contributed by atoms with Gasteiger partial charge in [0.25, 0.3) is 0 Å². The fourth-order valence-electron chi connectivity index (χ4n) is 5.42. The standard InChI is InChI=1S/C20H17.C13H10.2ClH.Zr/c1-2-14-7-5-9-18(14)16-10-11-20-17(13-16)12-15-6-3-4-8-19(15)20;1-3-7-12(8-4-1)11-13-9-5-2-6-10-13;;;/h3-8,10-11H,2,9,12H2,1H3;1-10H;2*1H;. The van der Waals surface area contributed by atoms with Crippen molar-refractivity contribution in [2.24, 2.45) is 0 Å². The molecule has 2 aliphatic rings. The second-order valence-electron chi connectivity index (χ2n) is 9.04. The van der Waals surface area contributed by atoms with Gasteiger partial charge in [0, 0.05) is 0 Å². The second kappa shape index (κ2) is 11.8. The summed E-state index contributed by atoms with van der Waals surface area (Å²) in [6, 6.07) is 36.0. The van der Waals surface area contributed by atoms with Crippen LogP contribution in [0.25, 0.3) is 16.7 Å². The molecule has 36 heavy (non-hydrogen) atoms. The Kier molecular flexibility index (Phi) is 8.79. The van der Waals surface area contributed by atoms with Crippen molar-refractivity contribution >= 4 is 36.9 Å². The zero-order valence-electron chi connectivity index (χ0n) is 20.3. The molecule has 6 rings (SSSR count). The maximum Gasteiger partial charge on any atom is -0.147 e. The van der Waals surface area contributed by atoms with Gasteiger partial charge in [0.15, 0.2) is 0 Å². The predicted molar refractivity (Wildman–Crippen MR) is 156 cm³/mol. The van der Waals surface area contributed by atoms with Crippen molar-refractivity contribution in [2.45, 2.75) is 26.2 Å². The van der Waals surface area contributed by atoms with E-state index in [1.165, 1.54) is 39.0 Å². The molecule has 0 aromatic heterocycles. The fourth-order valence-corrected chi connectivity index (χ4v) is 9.39. The molecule has 0 saturated carbocycles. The van der Waals surface area contributed by atoms with Crippen molar-refractivity contribution in [1.29, 1.82) is 0 Å². The number of allylic oxidation sites excluding steroid dienone is 4. The predicted octanol–water partition coefficient (Wildman–Crippen LogP) is 8.20. The third-order valence-corrected chi connectivity index (χ3v) is 11.1. The van der Waals surface area contributed by atoms with Gasteiger partial charge in [0.2, 0.25) is 0 Å². The topological polar surface area (TPSA) is 0 Å². The molecule has 0 unspecified atom stereocenters. The Morgan fingerprint density at radius 3 is 1.97 bits per heavy atom. The van der Waals surface area contributed by atoms with Gasteiger partial charge in [-0.05, 0) is 0 Å². The average Bonchev–Trinajstić information content (AvgIpc) is 3.53. The third kappa shape index (κ3) is 4.95. The molecule has 0 atom stereocenters. The summed E-state index contributed by atoms with van der Waals surface area (Å²) in [5.74, 6) is 0. The zero-order chi connectivity index (χ0) is 22.9. The molecule has 0 heterocycles. The smallest absolute Gasteiger partial charge is 0.147 e. The van der Waals surface area contributed by atoms with Gasteiger partial charge in [0.05, 0.1) is 0 Å². The van der Waals surface area contributed by atoms with Gasteiger partial charge in [-0.2, -0.15) is 0 Å². The number of hydrogen-bond donors (Lipinski definition) is 0. The van der Waals surface area contributed by atoms with Crippen molar-refractivity contribution in [3.05, 3.63) is 143 Å². The summed E-state index contributed by atoms with van der Waals surface area (Å²) < 4.78 is 3.24. The molecule has 0 radical (unpaired) electrons. The summed E-state index contributed by atoms with van der Waals surface area (Å²) in [6.07, 6.45) is 7.93. The van der Waals surface area contributed by atoms with Crippen molar-refractivity contribution in [3.63, 3.8) is 0 Å². The summed E-state index contributed by atoms with van der Waals surface area (Å²) in [4.78, 5) is 0. The largest absolute Gasteiger partial charge is 0.147 e. The Hall–Kier alpha value is -2.31. The summed E-state index contributed by atoms with van der Waals surface area (Å²) in [7, 11) is 0. The molecule has 179 valence electrons. The molecule has 0 fully saturated rings. The van der Waals surface area contributed by atoms with Gasteiger partial charge in [-0.25, -0.2) is 0 Å². The maximum absolute atomic E-state index is 2.45. The van der Waals surface area contributed by atoms with Crippen molar-refractivity contribution in [2.75, 3.05) is 0 Å². The second-order valence-corrected chi connectivity index (χ2v) is 12.1. The third-order valence-electron chi connectivity index (χ3n) is 7.10. The zero-order valence-corrected chi connectivity index (χ0v) is 24.4. The first-order valence-corrected chi connectivity index (χ1v) is 14.7. The van der Waals surface area contributed by atoms with E-state index in [-0.39, 0.29) is 24.8 Å². The van der Waals surface area contributed by atoms with Gasteiger partial charge in [-0.3, -0.25) is 0 Å². The van der Waals surface area contributed by atoms with Crippen LogP contribution in [0.5, 0.6) is 0 Å². The van der Waals surface area contributed by atoms with E-state index in [0.29, 0.717) is 0 Å². The molecular weight excluding hydrogens is 558 g/mol. The first kappa shape index (κ1) is 26.7. The van der Waals surface area contributed by atoms with Crippen molar-refractivity contribution < 1.29 is 22.8 Å². The van der Waals surface area contributed by atoms with Crippen LogP contribution in [0.4, 0.5) is 0 Å². The number of fused-ring (bicyclic) bond motifs is 3. The van der Waals surface area contributed by atoms with Gasteiger partial charge in [0.1, 0.15) is 0 Å². The molecule has 3 heteroatoms. The van der Waals surface area contributed by atoms with Gasteiger partial charge in [-0.15, -0.1) is 24.8 Å². The van der Waals surface area contributed by atoms with Crippen LogP contribution in [0.15, 0.2) is 115 Å². The molecular formula is C33H29Cl2Zr. The molecule has 0 bridgehead atoms. The Morgan fingerprint density at radius 1 is 0.694 bits per heavy atom. The Labute approximate surface area is 238 Å². The summed E-state index contributed by atoms with van der Waals surface area (Å²) in [5.41, 5.74) is 13.3. The van der Waals surface area contributed by atoms with E-state index in [4.69, 9.17) is 0 Å². The van der Waals surface area contributed by atoms with E-state index in [9.17, 15) is 0 Å². The van der Waals surface area contributed by atoms with Crippen LogP contribution in [-0.4, -0.2) is 3.21 Å². The maximum atomic E-state index is 2.45. The Bertz CT molecular complexity index is 1420. The minimum Gasteiger partial charge on any atom is -0.147 e. The molecule has 0 saturated heterocycles. The van der Waals surface area contributed by atoms with E-state index < -0.39 is 22.8 Å². The minimum atomic E-state index is -1.15. The normalized spacial score (nSPS) is 12.8. The van der Waals surface area contributed by atoms with Crippen LogP contribution in [0, 0.1) is 0 Å². The SMILES string of the molecule is CCC1=C(c2ccc3c([c]2[Zr]=[C](c2ccccc2)c2ccccc2)Cc2ccccc2-3)CC=C1.Cl.Cl. The van der Waals surface area contributed by atoms with Crippen LogP contribution in [0.2, 0.25) is 0 Å². The monoisotopic (exact) mass is 585 g/mol. The summed E-state index contributed by atoms with van der Waals surface area (Å²) in [5, 5.41) is 0. The molecule has 0 spiro atoms. The molecule has 4 aromatic carbocycles. The molecule has 0 aliphatic heterocycles. The van der Waals surface area contributed by atoms with E-state index in [1.807, 2.05) is 0 Å². The summed E-state index contributed by atoms with van der Waals surface area (Å²) in [6.45, 7) is 2.29. The van der Waals surface area contributed by atoms with Gasteiger partial charge < -0.3 is 0 Å². The molecule has 0 nitrogen and oxygen atoms in total. The van der Waals surface area contributed by atoms with Crippen LogP contribution in [-0.2, 0) is 29.2 Å². The Morgan fingerprint density at radius 2 is 1.31 bits per heavy atom. The summed E-state index contributed by atoms with van der Waals surface area (Å²) >= 11 is -1.15. The average molecular weight is 588 g/mol. The van der Waals surface area contributed by atoms with E-state index in [1.54, 1.807) is 17.6 Å². The van der Waals surface area contributed by atoms with E-state index in [0.717, 1.165) is 19.3 Å². The van der Waals surface area contributed by atoms with Crippen LogP contribution >= 0.6 is 24.8 Å². The quantitative estimate of drug-likeness (QED) is 0.195. The van der Waals surface area contributed by atoms with Crippen LogP contribution < -0.4 is 3.27 Å². The number of hydrogen-bond acceptors (Lipinski definition) is 0. The van der Waals surface area contributed by atoms with Crippen LogP contribution in [0.3, 0.4) is 0 Å². The van der Waals surface area contributed by atoms with Crippen LogP contribution in [0.1, 0.15) is 47.6 Å². The molecule has 4 aromatic rings. The van der Waals surface area contributed by atoms with E-state index >= 15 is 0 Å². The van der Waals surface area contributed by atoms with E-state index in [2.05, 4.69) is 116 Å². The van der Waals surface area contributed by atoms with Crippen molar-refractivity contribution in [1.82, 2.24) is 0 Å².